The minimum absolute atomic E-state index is 0.305. The third-order valence-electron chi connectivity index (χ3n) is 3.25. The maximum Gasteiger partial charge on any atom is 0.147 e. The zero-order chi connectivity index (χ0) is 16.3. The Hall–Kier alpha value is -2.16. The normalized spacial score (nSPS) is 12.4. The van der Waals surface area contributed by atoms with Crippen molar-refractivity contribution in [3.63, 3.8) is 0 Å². The predicted octanol–water partition coefficient (Wildman–Crippen LogP) is 5.18. The van der Waals surface area contributed by atoms with Crippen molar-refractivity contribution >= 4 is 12.2 Å². The van der Waals surface area contributed by atoms with E-state index >= 15 is 0 Å². The molecule has 0 aliphatic rings. The average molecular weight is 308 g/mol. The summed E-state index contributed by atoms with van der Waals surface area (Å²) in [6, 6.07) is 20.5. The van der Waals surface area contributed by atoms with E-state index in [0.29, 0.717) is 20.0 Å². The molecule has 0 radical (unpaired) electrons. The van der Waals surface area contributed by atoms with Gasteiger partial charge in [-0.25, -0.2) is 0 Å². The molecule has 0 spiro atoms. The second-order valence-electron chi connectivity index (χ2n) is 5.62. The van der Waals surface area contributed by atoms with Crippen molar-refractivity contribution in [2.24, 2.45) is 0 Å². The molecule has 2 heteroatoms. The molecule has 0 aromatic heterocycles. The maximum absolute atomic E-state index is 5.55. The molecule has 0 fully saturated rings. The average Bonchev–Trinajstić information content (AvgIpc) is 2.56. The van der Waals surface area contributed by atoms with Gasteiger partial charge in [-0.2, -0.15) is 0 Å². The Morgan fingerprint density at radius 1 is 0.696 bits per heavy atom. The molecule has 0 N–H and O–H groups in total. The van der Waals surface area contributed by atoms with Crippen molar-refractivity contribution < 1.29 is 9.47 Å². The van der Waals surface area contributed by atoms with Crippen LogP contribution < -0.4 is 0 Å². The van der Waals surface area contributed by atoms with Crippen LogP contribution in [0.1, 0.15) is 25.0 Å². The Balaban J connectivity index is 1.66. The van der Waals surface area contributed by atoms with Crippen LogP contribution in [0.3, 0.4) is 0 Å². The van der Waals surface area contributed by atoms with Crippen molar-refractivity contribution in [3.05, 3.63) is 82.9 Å². The van der Waals surface area contributed by atoms with Gasteiger partial charge in [-0.3, -0.25) is 0 Å². The fraction of sp³-hybridized carbons (Fsp3) is 0.238. The molecule has 2 aromatic carbocycles. The van der Waals surface area contributed by atoms with Crippen LogP contribution in [-0.2, 0) is 9.47 Å². The van der Waals surface area contributed by atoms with Crippen molar-refractivity contribution in [2.45, 2.75) is 13.8 Å². The summed E-state index contributed by atoms with van der Waals surface area (Å²) in [6.07, 6.45) is 4.25. The first-order valence-corrected chi connectivity index (χ1v) is 7.84. The molecule has 0 aliphatic heterocycles. The molecule has 2 nitrogen and oxygen atoms in total. The first-order valence-electron chi connectivity index (χ1n) is 7.84. The van der Waals surface area contributed by atoms with E-state index in [1.165, 1.54) is 22.3 Å². The van der Waals surface area contributed by atoms with Gasteiger partial charge in [0, 0.05) is 0 Å². The van der Waals surface area contributed by atoms with Gasteiger partial charge in [0.2, 0.25) is 0 Å². The number of hydrogen-bond acceptors (Lipinski definition) is 2. The lowest BCUT2D eigenvalue weighted by atomic mass is 10.1. The van der Waals surface area contributed by atoms with Crippen LogP contribution in [0.25, 0.3) is 12.2 Å². The molecule has 0 saturated carbocycles. The molecule has 0 bridgehead atoms. The fourth-order valence-electron chi connectivity index (χ4n) is 2.22. The third kappa shape index (κ3) is 7.09. The number of hydrogen-bond donors (Lipinski definition) is 0. The van der Waals surface area contributed by atoms with Crippen LogP contribution in [0.4, 0.5) is 0 Å². The summed E-state index contributed by atoms with van der Waals surface area (Å²) in [4.78, 5) is 0. The highest BCUT2D eigenvalue weighted by molar-refractivity contribution is 5.52. The monoisotopic (exact) mass is 308 g/mol. The summed E-state index contributed by atoms with van der Waals surface area (Å²) in [5, 5.41) is 0. The van der Waals surface area contributed by atoms with Gasteiger partial charge >= 0.3 is 0 Å². The van der Waals surface area contributed by atoms with E-state index in [-0.39, 0.29) is 0 Å². The molecule has 0 amide bonds. The summed E-state index contributed by atoms with van der Waals surface area (Å²) in [6.45, 7) is 5.59. The SMILES string of the molecule is CC(=Cc1ccccc1)COCOCC(C)=Cc1ccccc1. The summed E-state index contributed by atoms with van der Waals surface area (Å²) in [5.74, 6) is 0. The van der Waals surface area contributed by atoms with E-state index in [1.807, 2.05) is 36.4 Å². The Kier molecular flexibility index (Phi) is 7.31. The molecule has 2 rings (SSSR count). The molecule has 0 heterocycles. The summed E-state index contributed by atoms with van der Waals surface area (Å²) in [5.41, 5.74) is 4.74. The Morgan fingerprint density at radius 3 is 1.48 bits per heavy atom. The van der Waals surface area contributed by atoms with Crippen molar-refractivity contribution in [1.82, 2.24) is 0 Å². The first kappa shape index (κ1) is 17.2. The first-order chi connectivity index (χ1) is 11.2. The second kappa shape index (κ2) is 9.78. The van der Waals surface area contributed by atoms with Gasteiger partial charge in [-0.05, 0) is 36.1 Å². The number of ether oxygens (including phenoxy) is 2. The Bertz CT molecular complexity index is 570. The second-order valence-corrected chi connectivity index (χ2v) is 5.62. The highest BCUT2D eigenvalue weighted by Crippen LogP contribution is 2.08. The smallest absolute Gasteiger partial charge is 0.147 e. The number of rotatable bonds is 8. The van der Waals surface area contributed by atoms with Gasteiger partial charge in [-0.15, -0.1) is 0 Å². The molecule has 0 unspecified atom stereocenters. The van der Waals surface area contributed by atoms with E-state index < -0.39 is 0 Å². The maximum atomic E-state index is 5.55. The van der Waals surface area contributed by atoms with Gasteiger partial charge < -0.3 is 9.47 Å². The van der Waals surface area contributed by atoms with Crippen LogP contribution in [0.5, 0.6) is 0 Å². The van der Waals surface area contributed by atoms with Crippen molar-refractivity contribution in [3.8, 4) is 0 Å². The van der Waals surface area contributed by atoms with Crippen LogP contribution in [0, 0.1) is 0 Å². The summed E-state index contributed by atoms with van der Waals surface area (Å²) >= 11 is 0. The lowest BCUT2D eigenvalue weighted by molar-refractivity contribution is -0.0371. The highest BCUT2D eigenvalue weighted by Gasteiger charge is 1.95. The van der Waals surface area contributed by atoms with Gasteiger partial charge in [-0.1, -0.05) is 72.8 Å². The number of benzene rings is 2. The summed E-state index contributed by atoms with van der Waals surface area (Å²) < 4.78 is 11.1. The molecule has 2 aromatic rings. The molecule has 120 valence electrons. The van der Waals surface area contributed by atoms with Crippen LogP contribution in [0.2, 0.25) is 0 Å². The zero-order valence-corrected chi connectivity index (χ0v) is 13.9. The van der Waals surface area contributed by atoms with Crippen molar-refractivity contribution in [2.75, 3.05) is 20.0 Å². The van der Waals surface area contributed by atoms with Crippen LogP contribution in [-0.4, -0.2) is 20.0 Å². The molecule has 0 aliphatic carbocycles. The largest absolute Gasteiger partial charge is 0.351 e. The molecule has 23 heavy (non-hydrogen) atoms. The van der Waals surface area contributed by atoms with Gasteiger partial charge in [0.15, 0.2) is 0 Å². The van der Waals surface area contributed by atoms with E-state index in [1.54, 1.807) is 0 Å². The predicted molar refractivity (Wildman–Crippen MR) is 97.0 cm³/mol. The standard InChI is InChI=1S/C21H24O2/c1-18(13-20-9-5-3-6-10-20)15-22-17-23-16-19(2)14-21-11-7-4-8-12-21/h3-14H,15-17H2,1-2H3. The molecular formula is C21H24O2. The minimum atomic E-state index is 0.305. The van der Waals surface area contributed by atoms with E-state index in [2.05, 4.69) is 50.3 Å². The molecule has 0 atom stereocenters. The van der Waals surface area contributed by atoms with Crippen LogP contribution in [0.15, 0.2) is 71.8 Å². The Morgan fingerprint density at radius 2 is 1.09 bits per heavy atom. The van der Waals surface area contributed by atoms with E-state index in [4.69, 9.17) is 9.47 Å². The van der Waals surface area contributed by atoms with Gasteiger partial charge in [0.05, 0.1) is 13.2 Å². The fourth-order valence-corrected chi connectivity index (χ4v) is 2.22. The zero-order valence-electron chi connectivity index (χ0n) is 13.9. The summed E-state index contributed by atoms with van der Waals surface area (Å²) in [7, 11) is 0. The van der Waals surface area contributed by atoms with E-state index in [0.717, 1.165) is 0 Å². The topological polar surface area (TPSA) is 18.5 Å². The lowest BCUT2D eigenvalue weighted by Crippen LogP contribution is -2.04. The molecule has 0 saturated heterocycles. The van der Waals surface area contributed by atoms with E-state index in [9.17, 15) is 0 Å². The van der Waals surface area contributed by atoms with Crippen LogP contribution >= 0.6 is 0 Å². The quantitative estimate of drug-likeness (QED) is 0.494. The Labute approximate surface area is 139 Å². The van der Waals surface area contributed by atoms with Crippen molar-refractivity contribution in [1.29, 1.82) is 0 Å². The third-order valence-corrected chi connectivity index (χ3v) is 3.25. The lowest BCUT2D eigenvalue weighted by Gasteiger charge is -2.07. The minimum Gasteiger partial charge on any atom is -0.351 e. The molecular weight excluding hydrogens is 284 g/mol. The highest BCUT2D eigenvalue weighted by atomic mass is 16.7. The van der Waals surface area contributed by atoms with Gasteiger partial charge in [0.1, 0.15) is 6.79 Å². The van der Waals surface area contributed by atoms with Gasteiger partial charge in [0.25, 0.3) is 0 Å².